The minimum atomic E-state index is -0.833. The van der Waals surface area contributed by atoms with Crippen molar-refractivity contribution in [3.63, 3.8) is 0 Å². The molecule has 7 heteroatoms. The van der Waals surface area contributed by atoms with E-state index in [4.69, 9.17) is 14.0 Å². The normalized spacial score (nSPS) is 23.9. The minimum absolute atomic E-state index is 0.00245. The summed E-state index contributed by atoms with van der Waals surface area (Å²) < 4.78 is 32.7. The van der Waals surface area contributed by atoms with E-state index in [1.807, 2.05) is 34.6 Å². The molecule has 2 aliphatic rings. The molecule has 1 aromatic carbocycles. The van der Waals surface area contributed by atoms with Gasteiger partial charge in [-0.15, -0.1) is 0 Å². The Labute approximate surface area is 161 Å². The summed E-state index contributed by atoms with van der Waals surface area (Å²) in [5, 5.41) is 0. The van der Waals surface area contributed by atoms with Crippen LogP contribution in [0.25, 0.3) is 0 Å². The van der Waals surface area contributed by atoms with Crippen LogP contribution in [-0.4, -0.2) is 54.9 Å². The fourth-order valence-corrected chi connectivity index (χ4v) is 3.55. The van der Waals surface area contributed by atoms with E-state index in [0.29, 0.717) is 19.8 Å². The standard InChI is InChI=1S/C20H29BFNO4/c1-6-25-13-14-9-8-12-23(14)18(24)15-10-7-11-16(17(15)22)21-26-19(2,3)20(4,5)27-21/h7,10-11,14H,6,8-9,12-13H2,1-5H3/t14-/m1/s1. The van der Waals surface area contributed by atoms with E-state index in [-0.39, 0.29) is 23.0 Å². The maximum absolute atomic E-state index is 15.3. The third kappa shape index (κ3) is 3.77. The van der Waals surface area contributed by atoms with Gasteiger partial charge < -0.3 is 18.9 Å². The van der Waals surface area contributed by atoms with Gasteiger partial charge in [0.2, 0.25) is 0 Å². The molecule has 0 N–H and O–H groups in total. The number of hydrogen-bond acceptors (Lipinski definition) is 4. The summed E-state index contributed by atoms with van der Waals surface area (Å²) >= 11 is 0. The van der Waals surface area contributed by atoms with Crippen molar-refractivity contribution in [2.45, 2.75) is 64.7 Å². The lowest BCUT2D eigenvalue weighted by Gasteiger charge is -2.32. The highest BCUT2D eigenvalue weighted by atomic mass is 19.1. The van der Waals surface area contributed by atoms with Crippen molar-refractivity contribution in [3.05, 3.63) is 29.6 Å². The van der Waals surface area contributed by atoms with Gasteiger partial charge in [-0.05, 0) is 53.5 Å². The van der Waals surface area contributed by atoms with Crippen LogP contribution in [0.3, 0.4) is 0 Å². The van der Waals surface area contributed by atoms with Gasteiger partial charge in [0.1, 0.15) is 5.82 Å². The summed E-state index contributed by atoms with van der Waals surface area (Å²) in [7, 11) is -0.833. The first-order valence-electron chi connectivity index (χ1n) is 9.70. The Hall–Kier alpha value is -1.44. The van der Waals surface area contributed by atoms with Crippen LogP contribution in [0.1, 0.15) is 57.8 Å². The third-order valence-electron chi connectivity index (χ3n) is 5.92. The SMILES string of the molecule is CCOC[C@H]1CCCN1C(=O)c1cccc(B2OC(C)(C)C(C)(C)O2)c1F. The Morgan fingerprint density at radius 2 is 1.96 bits per heavy atom. The van der Waals surface area contributed by atoms with Crippen LogP contribution < -0.4 is 5.46 Å². The molecule has 0 aromatic heterocycles. The monoisotopic (exact) mass is 377 g/mol. The lowest BCUT2D eigenvalue weighted by molar-refractivity contribution is 0.00578. The summed E-state index contributed by atoms with van der Waals surface area (Å²) in [4.78, 5) is 14.7. The second kappa shape index (κ2) is 7.53. The van der Waals surface area contributed by atoms with Crippen LogP contribution in [0.2, 0.25) is 0 Å². The Morgan fingerprint density at radius 1 is 1.30 bits per heavy atom. The molecule has 2 saturated heterocycles. The van der Waals surface area contributed by atoms with E-state index in [9.17, 15) is 4.79 Å². The number of nitrogens with zero attached hydrogens (tertiary/aromatic N) is 1. The molecule has 0 aliphatic carbocycles. The first-order chi connectivity index (χ1) is 12.7. The molecule has 0 radical (unpaired) electrons. The highest BCUT2D eigenvalue weighted by Gasteiger charge is 2.52. The molecule has 0 spiro atoms. The molecule has 0 saturated carbocycles. The largest absolute Gasteiger partial charge is 0.497 e. The molecular formula is C20H29BFNO4. The summed E-state index contributed by atoms with van der Waals surface area (Å²) in [5.74, 6) is -0.865. The predicted molar refractivity (Wildman–Crippen MR) is 103 cm³/mol. The molecule has 2 heterocycles. The van der Waals surface area contributed by atoms with Gasteiger partial charge in [0.05, 0.1) is 29.4 Å². The molecular weight excluding hydrogens is 348 g/mol. The number of hydrogen-bond donors (Lipinski definition) is 0. The molecule has 1 amide bonds. The minimum Gasteiger partial charge on any atom is -0.399 e. The number of ether oxygens (including phenoxy) is 1. The predicted octanol–water partition coefficient (Wildman–Crippen LogP) is 2.77. The van der Waals surface area contributed by atoms with Gasteiger partial charge in [0, 0.05) is 18.6 Å². The van der Waals surface area contributed by atoms with E-state index >= 15 is 4.39 Å². The maximum atomic E-state index is 15.3. The van der Waals surface area contributed by atoms with Gasteiger partial charge in [-0.3, -0.25) is 4.79 Å². The quantitative estimate of drug-likeness (QED) is 0.741. The average Bonchev–Trinajstić information content (AvgIpc) is 3.14. The van der Waals surface area contributed by atoms with Crippen molar-refractivity contribution in [3.8, 4) is 0 Å². The zero-order valence-corrected chi connectivity index (χ0v) is 16.9. The van der Waals surface area contributed by atoms with E-state index in [0.717, 1.165) is 12.8 Å². The molecule has 0 bridgehead atoms. The number of carbonyl (C=O) groups is 1. The van der Waals surface area contributed by atoms with E-state index in [2.05, 4.69) is 0 Å². The molecule has 3 rings (SSSR count). The van der Waals surface area contributed by atoms with Crippen LogP contribution in [0.4, 0.5) is 4.39 Å². The Morgan fingerprint density at radius 3 is 2.59 bits per heavy atom. The van der Waals surface area contributed by atoms with Gasteiger partial charge in [-0.2, -0.15) is 0 Å². The summed E-state index contributed by atoms with van der Waals surface area (Å²) in [6.07, 6.45) is 1.78. The summed E-state index contributed by atoms with van der Waals surface area (Å²) in [6, 6.07) is 4.83. The molecule has 0 unspecified atom stereocenters. The van der Waals surface area contributed by atoms with Crippen LogP contribution in [-0.2, 0) is 14.0 Å². The highest BCUT2D eigenvalue weighted by Crippen LogP contribution is 2.36. The van der Waals surface area contributed by atoms with Gasteiger partial charge >= 0.3 is 7.12 Å². The lowest BCUT2D eigenvalue weighted by atomic mass is 9.77. The Balaban J connectivity index is 1.84. The van der Waals surface area contributed by atoms with Crippen LogP contribution in [0, 0.1) is 5.82 Å². The second-order valence-corrected chi connectivity index (χ2v) is 8.25. The van der Waals surface area contributed by atoms with Gasteiger partial charge in [0.25, 0.3) is 5.91 Å². The second-order valence-electron chi connectivity index (χ2n) is 8.25. The number of benzene rings is 1. The van der Waals surface area contributed by atoms with E-state index in [1.165, 1.54) is 6.07 Å². The van der Waals surface area contributed by atoms with Crippen molar-refractivity contribution in [2.24, 2.45) is 0 Å². The summed E-state index contributed by atoms with van der Waals surface area (Å²) in [5.41, 5.74) is -0.811. The molecule has 27 heavy (non-hydrogen) atoms. The zero-order chi connectivity index (χ0) is 19.8. The van der Waals surface area contributed by atoms with Crippen molar-refractivity contribution in [1.29, 1.82) is 0 Å². The van der Waals surface area contributed by atoms with Crippen LogP contribution in [0.15, 0.2) is 18.2 Å². The smallest absolute Gasteiger partial charge is 0.399 e. The number of amides is 1. The Bertz CT molecular complexity index is 693. The first-order valence-corrected chi connectivity index (χ1v) is 9.70. The van der Waals surface area contributed by atoms with Gasteiger partial charge in [-0.25, -0.2) is 4.39 Å². The highest BCUT2D eigenvalue weighted by molar-refractivity contribution is 6.62. The van der Waals surface area contributed by atoms with Gasteiger partial charge in [-0.1, -0.05) is 12.1 Å². The van der Waals surface area contributed by atoms with E-state index in [1.54, 1.807) is 17.0 Å². The summed E-state index contributed by atoms with van der Waals surface area (Å²) in [6.45, 7) is 11.3. The number of halogens is 1. The number of rotatable bonds is 5. The van der Waals surface area contributed by atoms with Gasteiger partial charge in [0.15, 0.2) is 0 Å². The number of carbonyl (C=O) groups excluding carboxylic acids is 1. The first kappa shape index (κ1) is 20.3. The maximum Gasteiger partial charge on any atom is 0.497 e. The van der Waals surface area contributed by atoms with Crippen molar-refractivity contribution < 1.29 is 23.2 Å². The molecule has 1 aromatic rings. The molecule has 2 aliphatic heterocycles. The topological polar surface area (TPSA) is 48.0 Å². The van der Waals surface area contributed by atoms with Crippen molar-refractivity contribution >= 4 is 18.5 Å². The van der Waals surface area contributed by atoms with Crippen LogP contribution in [0.5, 0.6) is 0 Å². The Kier molecular flexibility index (Phi) is 5.66. The fourth-order valence-electron chi connectivity index (χ4n) is 3.55. The molecule has 148 valence electrons. The van der Waals surface area contributed by atoms with E-state index < -0.39 is 24.1 Å². The zero-order valence-electron chi connectivity index (χ0n) is 16.9. The molecule has 5 nitrogen and oxygen atoms in total. The third-order valence-corrected chi connectivity index (χ3v) is 5.92. The molecule has 2 fully saturated rings. The van der Waals surface area contributed by atoms with Crippen molar-refractivity contribution in [2.75, 3.05) is 19.8 Å². The average molecular weight is 377 g/mol. The lowest BCUT2D eigenvalue weighted by Crippen LogP contribution is -2.41. The number of likely N-dealkylation sites (tertiary alicyclic amines) is 1. The van der Waals surface area contributed by atoms with Crippen molar-refractivity contribution in [1.82, 2.24) is 4.90 Å². The van der Waals surface area contributed by atoms with Crippen LogP contribution >= 0.6 is 0 Å². The molecule has 1 atom stereocenters. The fraction of sp³-hybridized carbons (Fsp3) is 0.650.